The lowest BCUT2D eigenvalue weighted by molar-refractivity contribution is -0.121. The fraction of sp³-hybridized carbons (Fsp3) is 0.600. The molecule has 7 nitrogen and oxygen atoms in total. The number of aryl methyl sites for hydroxylation is 1. The molecule has 2 heterocycles. The van der Waals surface area contributed by atoms with E-state index >= 15 is 0 Å². The van der Waals surface area contributed by atoms with Crippen LogP contribution in [0.15, 0.2) is 29.1 Å². The van der Waals surface area contributed by atoms with Crippen LogP contribution >= 0.6 is 0 Å². The van der Waals surface area contributed by atoms with Gasteiger partial charge < -0.3 is 10.2 Å². The van der Waals surface area contributed by atoms with Crippen LogP contribution in [0, 0.1) is 11.8 Å². The summed E-state index contributed by atoms with van der Waals surface area (Å²) in [5.74, 6) is 1.45. The number of carbonyl (C=O) groups excluding carboxylic acids is 1. The number of hydrogen-bond donors (Lipinski definition) is 1. The Labute approximate surface area is 159 Å². The molecule has 1 aromatic heterocycles. The second-order valence-electron chi connectivity index (χ2n) is 7.79. The fourth-order valence-electron chi connectivity index (χ4n) is 3.97. The van der Waals surface area contributed by atoms with Gasteiger partial charge in [0.05, 0.1) is 11.9 Å². The highest BCUT2D eigenvalue weighted by atomic mass is 16.2. The number of amides is 1. The van der Waals surface area contributed by atoms with Crippen molar-refractivity contribution in [1.29, 1.82) is 0 Å². The van der Waals surface area contributed by atoms with E-state index in [-0.39, 0.29) is 24.4 Å². The monoisotopic (exact) mass is 371 g/mol. The van der Waals surface area contributed by atoms with Gasteiger partial charge in [0.1, 0.15) is 5.52 Å². The molecule has 2 atom stereocenters. The van der Waals surface area contributed by atoms with Crippen LogP contribution in [0.25, 0.3) is 10.9 Å². The number of carbonyl (C=O) groups is 1. The third kappa shape index (κ3) is 5.35. The quantitative estimate of drug-likeness (QED) is 0.749. The zero-order valence-electron chi connectivity index (χ0n) is 16.2. The van der Waals surface area contributed by atoms with Gasteiger partial charge in [-0.2, -0.15) is 0 Å². The van der Waals surface area contributed by atoms with Gasteiger partial charge in [-0.25, -0.2) is 4.68 Å². The number of nitrogens with zero attached hydrogens (tertiary/aromatic N) is 4. The van der Waals surface area contributed by atoms with Crippen LogP contribution in [0.4, 0.5) is 0 Å². The summed E-state index contributed by atoms with van der Waals surface area (Å²) in [5, 5.41) is 11.4. The average molecular weight is 371 g/mol. The summed E-state index contributed by atoms with van der Waals surface area (Å²) in [7, 11) is 0. The van der Waals surface area contributed by atoms with E-state index in [0.29, 0.717) is 17.4 Å². The third-order valence-corrected chi connectivity index (χ3v) is 5.10. The molecular formula is C20H29N5O2. The van der Waals surface area contributed by atoms with E-state index in [0.717, 1.165) is 37.9 Å². The molecule has 1 saturated heterocycles. The predicted octanol–water partition coefficient (Wildman–Crippen LogP) is 1.67. The third-order valence-electron chi connectivity index (χ3n) is 5.10. The van der Waals surface area contributed by atoms with Crippen molar-refractivity contribution < 1.29 is 4.79 Å². The smallest absolute Gasteiger partial charge is 0.277 e. The maximum absolute atomic E-state index is 12.4. The number of rotatable bonds is 7. The zero-order valence-corrected chi connectivity index (χ0v) is 16.2. The first-order valence-corrected chi connectivity index (χ1v) is 9.84. The minimum atomic E-state index is -0.207. The molecule has 0 radical (unpaired) electrons. The van der Waals surface area contributed by atoms with Gasteiger partial charge in [0.15, 0.2) is 0 Å². The first-order chi connectivity index (χ1) is 13.0. The molecular weight excluding hydrogens is 342 g/mol. The van der Waals surface area contributed by atoms with E-state index in [9.17, 15) is 9.59 Å². The first kappa shape index (κ1) is 19.5. The SMILES string of the molecule is C[C@@H]1C[C@@H](C)CN(CCCNC(=O)CCn2nnc3ccccc3c2=O)C1. The summed E-state index contributed by atoms with van der Waals surface area (Å²) >= 11 is 0. The maximum atomic E-state index is 12.4. The Bertz CT molecular complexity index is 824. The molecule has 0 saturated carbocycles. The van der Waals surface area contributed by atoms with E-state index < -0.39 is 0 Å². The van der Waals surface area contributed by atoms with Crippen LogP contribution in [0.3, 0.4) is 0 Å². The molecule has 1 aliphatic rings. The molecule has 1 aromatic carbocycles. The van der Waals surface area contributed by atoms with Crippen LogP contribution in [0.2, 0.25) is 0 Å². The fourth-order valence-corrected chi connectivity index (χ4v) is 3.97. The summed E-state index contributed by atoms with van der Waals surface area (Å²) in [6.45, 7) is 8.85. The van der Waals surface area contributed by atoms with E-state index in [1.807, 2.05) is 6.07 Å². The first-order valence-electron chi connectivity index (χ1n) is 9.84. The van der Waals surface area contributed by atoms with Crippen LogP contribution in [0.5, 0.6) is 0 Å². The van der Waals surface area contributed by atoms with Gasteiger partial charge in [0, 0.05) is 26.1 Å². The van der Waals surface area contributed by atoms with Gasteiger partial charge in [-0.1, -0.05) is 31.2 Å². The molecule has 1 amide bonds. The highest BCUT2D eigenvalue weighted by molar-refractivity contribution is 5.77. The maximum Gasteiger partial charge on any atom is 0.277 e. The van der Waals surface area contributed by atoms with Crippen molar-refractivity contribution in [3.05, 3.63) is 34.6 Å². The van der Waals surface area contributed by atoms with E-state index in [2.05, 4.69) is 34.4 Å². The standard InChI is InChI=1S/C20H29N5O2/c1-15-12-16(2)14-24(13-15)10-5-9-21-19(26)8-11-25-20(27)17-6-3-4-7-18(17)22-23-25/h3-4,6-7,15-16H,5,8-14H2,1-2H3,(H,21,26)/t15-,16-/m1/s1. The van der Waals surface area contributed by atoms with Gasteiger partial charge in [0.25, 0.3) is 5.56 Å². The largest absolute Gasteiger partial charge is 0.356 e. The van der Waals surface area contributed by atoms with Crippen molar-refractivity contribution in [3.63, 3.8) is 0 Å². The van der Waals surface area contributed by atoms with Crippen molar-refractivity contribution in [1.82, 2.24) is 25.2 Å². The summed E-state index contributed by atoms with van der Waals surface area (Å²) < 4.78 is 1.26. The van der Waals surface area contributed by atoms with Crippen LogP contribution < -0.4 is 10.9 Å². The topological polar surface area (TPSA) is 80.1 Å². The second kappa shape index (κ2) is 9.08. The number of likely N-dealkylation sites (tertiary alicyclic amines) is 1. The molecule has 0 unspecified atom stereocenters. The number of hydrogen-bond acceptors (Lipinski definition) is 5. The van der Waals surface area contributed by atoms with Crippen LogP contribution in [-0.4, -0.2) is 52.0 Å². The minimum Gasteiger partial charge on any atom is -0.356 e. The minimum absolute atomic E-state index is 0.0581. The average Bonchev–Trinajstić information content (AvgIpc) is 2.64. The molecule has 146 valence electrons. The van der Waals surface area contributed by atoms with Gasteiger partial charge in [0.2, 0.25) is 5.91 Å². The van der Waals surface area contributed by atoms with Crippen molar-refractivity contribution in [3.8, 4) is 0 Å². The Kier molecular flexibility index (Phi) is 6.55. The zero-order chi connectivity index (χ0) is 19.2. The van der Waals surface area contributed by atoms with Crippen molar-refractivity contribution in [2.45, 2.75) is 39.7 Å². The Morgan fingerprint density at radius 3 is 2.70 bits per heavy atom. The highest BCUT2D eigenvalue weighted by Gasteiger charge is 2.21. The van der Waals surface area contributed by atoms with Gasteiger partial charge in [-0.3, -0.25) is 9.59 Å². The lowest BCUT2D eigenvalue weighted by Crippen LogP contribution is -2.40. The molecule has 0 aliphatic carbocycles. The summed E-state index contributed by atoms with van der Waals surface area (Å²) in [4.78, 5) is 26.9. The number of fused-ring (bicyclic) bond motifs is 1. The van der Waals surface area contributed by atoms with E-state index in [1.165, 1.54) is 11.1 Å². The number of aromatic nitrogens is 3. The molecule has 0 spiro atoms. The predicted molar refractivity (Wildman–Crippen MR) is 105 cm³/mol. The Morgan fingerprint density at radius 2 is 1.93 bits per heavy atom. The summed E-state index contributed by atoms with van der Waals surface area (Å²) in [5.41, 5.74) is 0.367. The lowest BCUT2D eigenvalue weighted by atomic mass is 9.92. The molecule has 1 N–H and O–H groups in total. The van der Waals surface area contributed by atoms with Gasteiger partial charge >= 0.3 is 0 Å². The van der Waals surface area contributed by atoms with Gasteiger partial charge in [-0.05, 0) is 43.4 Å². The normalized spacial score (nSPS) is 20.7. The summed E-state index contributed by atoms with van der Waals surface area (Å²) in [6.07, 6.45) is 2.48. The Hall–Kier alpha value is -2.28. The molecule has 0 bridgehead atoms. The lowest BCUT2D eigenvalue weighted by Gasteiger charge is -2.34. The molecule has 7 heteroatoms. The molecule has 1 fully saturated rings. The van der Waals surface area contributed by atoms with Crippen LogP contribution in [-0.2, 0) is 11.3 Å². The number of piperidine rings is 1. The van der Waals surface area contributed by atoms with Crippen molar-refractivity contribution in [2.24, 2.45) is 11.8 Å². The second-order valence-corrected chi connectivity index (χ2v) is 7.79. The summed E-state index contributed by atoms with van der Waals surface area (Å²) in [6, 6.07) is 7.10. The van der Waals surface area contributed by atoms with Crippen molar-refractivity contribution in [2.75, 3.05) is 26.2 Å². The Balaban J connectivity index is 1.40. The molecule has 3 rings (SSSR count). The number of benzene rings is 1. The van der Waals surface area contributed by atoms with Gasteiger partial charge in [-0.15, -0.1) is 5.10 Å². The van der Waals surface area contributed by atoms with E-state index in [4.69, 9.17) is 0 Å². The molecule has 1 aliphatic heterocycles. The Morgan fingerprint density at radius 1 is 1.19 bits per heavy atom. The number of nitrogens with one attached hydrogen (secondary N) is 1. The molecule has 27 heavy (non-hydrogen) atoms. The van der Waals surface area contributed by atoms with Crippen molar-refractivity contribution >= 4 is 16.8 Å². The van der Waals surface area contributed by atoms with E-state index in [1.54, 1.807) is 18.2 Å². The molecule has 2 aromatic rings. The highest BCUT2D eigenvalue weighted by Crippen LogP contribution is 2.20. The van der Waals surface area contributed by atoms with Crippen LogP contribution in [0.1, 0.15) is 33.1 Å².